The Morgan fingerprint density at radius 1 is 1.14 bits per heavy atom. The quantitative estimate of drug-likeness (QED) is 0.294. The maximum Gasteiger partial charge on any atom is 0.435 e. The van der Waals surface area contributed by atoms with Gasteiger partial charge in [0.25, 0.3) is 11.5 Å². The zero-order valence-corrected chi connectivity index (χ0v) is 20.1. The number of hydrogen-bond acceptors (Lipinski definition) is 5. The SMILES string of the molecule is Cc1cc(C2=NOC(c3cc(Cl)cc(Cl)c3)(C(F)(F)F)C2)ccc1C(=O)NN=Cc1cccc(O)c1. The van der Waals surface area contributed by atoms with Gasteiger partial charge in [0.15, 0.2) is 0 Å². The molecule has 0 radical (unpaired) electrons. The van der Waals surface area contributed by atoms with Crippen molar-refractivity contribution in [1.29, 1.82) is 0 Å². The number of rotatable bonds is 5. The number of aromatic hydroxyl groups is 1. The molecule has 2 N–H and O–H groups in total. The molecule has 3 aromatic rings. The van der Waals surface area contributed by atoms with E-state index in [0.29, 0.717) is 16.7 Å². The van der Waals surface area contributed by atoms with Crippen LogP contribution >= 0.6 is 23.2 Å². The fraction of sp³-hybridized carbons (Fsp3) is 0.160. The van der Waals surface area contributed by atoms with Gasteiger partial charge in [-0.3, -0.25) is 4.79 Å². The Labute approximate surface area is 214 Å². The average Bonchev–Trinajstić information content (AvgIpc) is 3.25. The van der Waals surface area contributed by atoms with Crippen molar-refractivity contribution in [2.45, 2.75) is 25.1 Å². The lowest BCUT2D eigenvalue weighted by atomic mass is 9.86. The van der Waals surface area contributed by atoms with Crippen LogP contribution in [0.4, 0.5) is 13.2 Å². The predicted octanol–water partition coefficient (Wildman–Crippen LogP) is 6.35. The van der Waals surface area contributed by atoms with E-state index in [2.05, 4.69) is 15.7 Å². The van der Waals surface area contributed by atoms with Crippen molar-refractivity contribution in [2.24, 2.45) is 10.3 Å². The number of carbonyl (C=O) groups is 1. The van der Waals surface area contributed by atoms with Crippen LogP contribution in [0.25, 0.3) is 0 Å². The van der Waals surface area contributed by atoms with Gasteiger partial charge in [-0.15, -0.1) is 0 Å². The third-order valence-corrected chi connectivity index (χ3v) is 6.01. The molecule has 186 valence electrons. The zero-order valence-electron chi connectivity index (χ0n) is 18.6. The number of halogens is 5. The Hall–Kier alpha value is -3.56. The number of nitrogens with zero attached hydrogens (tertiary/aromatic N) is 2. The number of alkyl halides is 3. The van der Waals surface area contributed by atoms with E-state index < -0.39 is 24.1 Å². The minimum atomic E-state index is -4.81. The fourth-order valence-corrected chi connectivity index (χ4v) is 4.30. The summed E-state index contributed by atoms with van der Waals surface area (Å²) in [5.74, 6) is -0.457. The zero-order chi connectivity index (χ0) is 26.1. The van der Waals surface area contributed by atoms with E-state index in [-0.39, 0.29) is 32.6 Å². The second kappa shape index (κ2) is 9.83. The summed E-state index contributed by atoms with van der Waals surface area (Å²) < 4.78 is 42.6. The van der Waals surface area contributed by atoms with E-state index >= 15 is 0 Å². The standard InChI is InChI=1S/C25H18Cl2F3N3O3/c1-14-7-16(5-6-21(14)23(35)32-31-13-15-3-2-4-20(34)8-15)22-12-24(36-33-22,25(28,29)30)17-9-18(26)11-19(27)10-17/h2-11,13,34H,12H2,1H3,(H,32,35). The highest BCUT2D eigenvalue weighted by Crippen LogP contribution is 2.49. The highest BCUT2D eigenvalue weighted by molar-refractivity contribution is 6.34. The van der Waals surface area contributed by atoms with Crippen LogP contribution in [-0.2, 0) is 10.4 Å². The Bertz CT molecular complexity index is 1370. The van der Waals surface area contributed by atoms with E-state index in [1.165, 1.54) is 36.5 Å². The van der Waals surface area contributed by atoms with E-state index in [1.807, 2.05) is 0 Å². The summed E-state index contributed by atoms with van der Waals surface area (Å²) >= 11 is 11.9. The summed E-state index contributed by atoms with van der Waals surface area (Å²) in [6, 6.07) is 14.4. The van der Waals surface area contributed by atoms with E-state index in [9.17, 15) is 23.1 Å². The van der Waals surface area contributed by atoms with Gasteiger partial charge in [0.1, 0.15) is 5.75 Å². The number of carbonyl (C=O) groups excluding carboxylic acids is 1. The number of hydrogen-bond donors (Lipinski definition) is 2. The molecule has 6 nitrogen and oxygen atoms in total. The number of aryl methyl sites for hydroxylation is 1. The molecular formula is C25H18Cl2F3N3O3. The van der Waals surface area contributed by atoms with Gasteiger partial charge in [-0.05, 0) is 66.1 Å². The van der Waals surface area contributed by atoms with Crippen molar-refractivity contribution in [2.75, 3.05) is 0 Å². The number of phenols is 1. The lowest BCUT2D eigenvalue weighted by molar-refractivity contribution is -0.275. The molecule has 11 heteroatoms. The van der Waals surface area contributed by atoms with Crippen LogP contribution in [-0.4, -0.2) is 29.1 Å². The maximum absolute atomic E-state index is 14.2. The molecule has 1 amide bonds. The summed E-state index contributed by atoms with van der Waals surface area (Å²) in [6.45, 7) is 1.64. The molecule has 0 saturated carbocycles. The number of benzene rings is 3. The monoisotopic (exact) mass is 535 g/mol. The fourth-order valence-electron chi connectivity index (χ4n) is 3.77. The number of phenolic OH excluding ortho intramolecular Hbond substituents is 1. The van der Waals surface area contributed by atoms with Crippen molar-refractivity contribution >= 4 is 41.0 Å². The van der Waals surface area contributed by atoms with E-state index in [0.717, 1.165) is 12.1 Å². The molecule has 0 fully saturated rings. The molecule has 3 aromatic carbocycles. The minimum Gasteiger partial charge on any atom is -0.508 e. The van der Waals surface area contributed by atoms with Crippen LogP contribution in [0.5, 0.6) is 5.75 Å². The van der Waals surface area contributed by atoms with Gasteiger partial charge in [0.05, 0.1) is 11.9 Å². The largest absolute Gasteiger partial charge is 0.508 e. The Morgan fingerprint density at radius 2 is 1.86 bits per heavy atom. The van der Waals surface area contributed by atoms with Crippen molar-refractivity contribution in [3.05, 3.63) is 98.5 Å². The molecule has 0 bridgehead atoms. The van der Waals surface area contributed by atoms with Gasteiger partial charge in [-0.2, -0.15) is 18.3 Å². The van der Waals surface area contributed by atoms with Crippen LogP contribution in [0.1, 0.15) is 39.0 Å². The predicted molar refractivity (Wildman–Crippen MR) is 131 cm³/mol. The lowest BCUT2D eigenvalue weighted by Crippen LogP contribution is -2.42. The molecule has 0 aromatic heterocycles. The van der Waals surface area contributed by atoms with Gasteiger partial charge in [0.2, 0.25) is 0 Å². The van der Waals surface area contributed by atoms with Gasteiger partial charge in [-0.1, -0.05) is 46.6 Å². The van der Waals surface area contributed by atoms with Crippen LogP contribution < -0.4 is 5.43 Å². The molecule has 1 aliphatic rings. The van der Waals surface area contributed by atoms with Crippen molar-refractivity contribution in [3.63, 3.8) is 0 Å². The molecule has 36 heavy (non-hydrogen) atoms. The summed E-state index contributed by atoms with van der Waals surface area (Å²) in [5, 5.41) is 17.2. The van der Waals surface area contributed by atoms with Crippen LogP contribution in [0.2, 0.25) is 10.0 Å². The van der Waals surface area contributed by atoms with Crippen LogP contribution in [0.15, 0.2) is 70.9 Å². The van der Waals surface area contributed by atoms with Crippen molar-refractivity contribution in [3.8, 4) is 5.75 Å². The first kappa shape index (κ1) is 25.5. The van der Waals surface area contributed by atoms with Gasteiger partial charge in [0, 0.05) is 27.6 Å². The molecule has 0 spiro atoms. The highest BCUT2D eigenvalue weighted by atomic mass is 35.5. The molecule has 1 heterocycles. The number of hydrazone groups is 1. The average molecular weight is 536 g/mol. The smallest absolute Gasteiger partial charge is 0.435 e. The molecule has 1 unspecified atom stereocenters. The summed E-state index contributed by atoms with van der Waals surface area (Å²) in [6.07, 6.45) is -4.05. The second-order valence-corrected chi connectivity index (χ2v) is 8.99. The molecule has 0 saturated heterocycles. The Morgan fingerprint density at radius 3 is 2.50 bits per heavy atom. The minimum absolute atomic E-state index is 0.0381. The lowest BCUT2D eigenvalue weighted by Gasteiger charge is -2.29. The van der Waals surface area contributed by atoms with E-state index in [1.54, 1.807) is 25.1 Å². The first-order chi connectivity index (χ1) is 17.0. The topological polar surface area (TPSA) is 83.3 Å². The summed E-state index contributed by atoms with van der Waals surface area (Å²) in [5.41, 5.74) is 1.14. The van der Waals surface area contributed by atoms with E-state index in [4.69, 9.17) is 28.0 Å². The first-order valence-electron chi connectivity index (χ1n) is 10.5. The van der Waals surface area contributed by atoms with Crippen LogP contribution in [0, 0.1) is 6.92 Å². The van der Waals surface area contributed by atoms with Crippen molar-refractivity contribution < 1.29 is 27.9 Å². The Kier molecular flexibility index (Phi) is 6.97. The molecular weight excluding hydrogens is 518 g/mol. The van der Waals surface area contributed by atoms with Gasteiger partial charge < -0.3 is 9.94 Å². The molecule has 1 atom stereocenters. The Balaban J connectivity index is 1.53. The molecule has 0 aliphatic carbocycles. The van der Waals surface area contributed by atoms with Crippen LogP contribution in [0.3, 0.4) is 0 Å². The third-order valence-electron chi connectivity index (χ3n) is 5.57. The summed E-state index contributed by atoms with van der Waals surface area (Å²) in [4.78, 5) is 17.6. The first-order valence-corrected chi connectivity index (χ1v) is 11.3. The maximum atomic E-state index is 14.2. The van der Waals surface area contributed by atoms with Crippen molar-refractivity contribution in [1.82, 2.24) is 5.43 Å². The third kappa shape index (κ3) is 5.17. The highest BCUT2D eigenvalue weighted by Gasteiger charge is 2.62. The second-order valence-electron chi connectivity index (χ2n) is 8.11. The molecule has 1 aliphatic heterocycles. The number of nitrogens with one attached hydrogen (secondary N) is 1. The van der Waals surface area contributed by atoms with Gasteiger partial charge in [-0.25, -0.2) is 5.43 Å². The molecule has 4 rings (SSSR count). The number of amides is 1. The normalized spacial score (nSPS) is 17.7. The number of oxime groups is 1. The van der Waals surface area contributed by atoms with Gasteiger partial charge >= 0.3 is 6.18 Å². The summed E-state index contributed by atoms with van der Waals surface area (Å²) in [7, 11) is 0.